The molecule has 0 radical (unpaired) electrons. The maximum Gasteiger partial charge on any atom is 0.236 e. The topological polar surface area (TPSA) is 30.0 Å². The quantitative estimate of drug-likeness (QED) is 0.784. The van der Waals surface area contributed by atoms with E-state index in [1.165, 1.54) is 0 Å². The Bertz CT molecular complexity index is 402. The summed E-state index contributed by atoms with van der Waals surface area (Å²) < 4.78 is 0. The third kappa shape index (κ3) is 5.16. The van der Waals surface area contributed by atoms with Gasteiger partial charge in [0, 0.05) is 63.4 Å². The van der Waals surface area contributed by atoms with Gasteiger partial charge in [0.25, 0.3) is 0 Å². The average Bonchev–Trinajstić information content (AvgIpc) is 2.44. The van der Waals surface area contributed by atoms with Crippen LogP contribution in [-0.2, 0) is 4.79 Å². The number of carbonyl (C=O) groups is 1. The van der Waals surface area contributed by atoms with Crippen molar-refractivity contribution in [3.8, 4) is 0 Å². The summed E-state index contributed by atoms with van der Waals surface area (Å²) in [7, 11) is 0. The molecule has 134 valence electrons. The molecular formula is C18H36N4O. The van der Waals surface area contributed by atoms with E-state index in [2.05, 4.69) is 61.1 Å². The molecule has 5 heteroatoms. The molecule has 0 saturated carbocycles. The van der Waals surface area contributed by atoms with Crippen LogP contribution in [0.25, 0.3) is 0 Å². The van der Waals surface area contributed by atoms with E-state index in [1.807, 2.05) is 0 Å². The maximum atomic E-state index is 12.4. The zero-order valence-electron chi connectivity index (χ0n) is 16.1. The standard InChI is InChI=1S/C18H36N4O/c1-17(2,3)21-12-8-19(9-13-21)7-10-20-11-14-22(15-16(20)23)18(4,5)6/h7-15H2,1-6H3. The zero-order chi connectivity index (χ0) is 17.3. The van der Waals surface area contributed by atoms with E-state index in [-0.39, 0.29) is 11.1 Å². The van der Waals surface area contributed by atoms with E-state index < -0.39 is 0 Å². The summed E-state index contributed by atoms with van der Waals surface area (Å²) >= 11 is 0. The van der Waals surface area contributed by atoms with Crippen LogP contribution in [0.4, 0.5) is 0 Å². The third-order valence-corrected chi connectivity index (χ3v) is 5.27. The zero-order valence-corrected chi connectivity index (χ0v) is 16.1. The van der Waals surface area contributed by atoms with Gasteiger partial charge in [0.05, 0.1) is 6.54 Å². The van der Waals surface area contributed by atoms with Crippen LogP contribution >= 0.6 is 0 Å². The smallest absolute Gasteiger partial charge is 0.236 e. The largest absolute Gasteiger partial charge is 0.339 e. The summed E-state index contributed by atoms with van der Waals surface area (Å²) in [4.78, 5) is 21.8. The number of nitrogens with zero attached hydrogens (tertiary/aromatic N) is 4. The highest BCUT2D eigenvalue weighted by atomic mass is 16.2. The minimum Gasteiger partial charge on any atom is -0.339 e. The van der Waals surface area contributed by atoms with Crippen LogP contribution in [0, 0.1) is 0 Å². The fourth-order valence-electron chi connectivity index (χ4n) is 3.42. The van der Waals surface area contributed by atoms with Gasteiger partial charge in [-0.1, -0.05) is 0 Å². The van der Waals surface area contributed by atoms with Gasteiger partial charge in [-0.2, -0.15) is 0 Å². The number of rotatable bonds is 3. The Labute approximate surface area is 142 Å². The maximum absolute atomic E-state index is 12.4. The second-order valence-corrected chi connectivity index (χ2v) is 8.97. The molecule has 2 heterocycles. The number of piperazine rings is 2. The highest BCUT2D eigenvalue weighted by molar-refractivity contribution is 5.79. The van der Waals surface area contributed by atoms with Gasteiger partial charge in [0.1, 0.15) is 0 Å². The minimum atomic E-state index is 0.0883. The van der Waals surface area contributed by atoms with Crippen LogP contribution in [0.3, 0.4) is 0 Å². The number of hydrogen-bond donors (Lipinski definition) is 0. The molecule has 2 rings (SSSR count). The Morgan fingerprint density at radius 1 is 0.739 bits per heavy atom. The van der Waals surface area contributed by atoms with Gasteiger partial charge in [-0.05, 0) is 41.5 Å². The molecule has 0 unspecified atom stereocenters. The number of carbonyl (C=O) groups excluding carboxylic acids is 1. The van der Waals surface area contributed by atoms with Gasteiger partial charge in [0.2, 0.25) is 5.91 Å². The van der Waals surface area contributed by atoms with Crippen molar-refractivity contribution in [2.45, 2.75) is 52.6 Å². The van der Waals surface area contributed by atoms with Crippen LogP contribution in [0.2, 0.25) is 0 Å². The highest BCUT2D eigenvalue weighted by Gasteiger charge is 2.31. The Hall–Kier alpha value is -0.650. The molecule has 0 N–H and O–H groups in total. The van der Waals surface area contributed by atoms with Crippen LogP contribution in [0.1, 0.15) is 41.5 Å². The first-order valence-electron chi connectivity index (χ1n) is 9.07. The highest BCUT2D eigenvalue weighted by Crippen LogP contribution is 2.17. The SMILES string of the molecule is CC(C)(C)N1CCN(CCN2CCN(C(C)(C)C)CC2=O)CC1. The molecule has 2 aliphatic rings. The van der Waals surface area contributed by atoms with Gasteiger partial charge in [-0.15, -0.1) is 0 Å². The van der Waals surface area contributed by atoms with Gasteiger partial charge >= 0.3 is 0 Å². The number of amides is 1. The van der Waals surface area contributed by atoms with Crippen molar-refractivity contribution in [3.05, 3.63) is 0 Å². The summed E-state index contributed by atoms with van der Waals surface area (Å²) in [5.74, 6) is 0.291. The number of hydrogen-bond acceptors (Lipinski definition) is 4. The normalized spacial score (nSPS) is 23.6. The van der Waals surface area contributed by atoms with Gasteiger partial charge < -0.3 is 4.90 Å². The molecule has 0 aromatic carbocycles. The molecule has 2 aliphatic heterocycles. The molecule has 5 nitrogen and oxygen atoms in total. The van der Waals surface area contributed by atoms with E-state index in [0.717, 1.165) is 52.4 Å². The van der Waals surface area contributed by atoms with E-state index in [0.29, 0.717) is 12.5 Å². The van der Waals surface area contributed by atoms with E-state index >= 15 is 0 Å². The van der Waals surface area contributed by atoms with Gasteiger partial charge in [-0.3, -0.25) is 19.5 Å². The van der Waals surface area contributed by atoms with Gasteiger partial charge in [0.15, 0.2) is 0 Å². The average molecular weight is 325 g/mol. The summed E-state index contributed by atoms with van der Waals surface area (Å²) in [6.07, 6.45) is 0. The minimum absolute atomic E-state index is 0.0883. The van der Waals surface area contributed by atoms with Crippen LogP contribution in [0.5, 0.6) is 0 Å². The first-order valence-corrected chi connectivity index (χ1v) is 9.07. The van der Waals surface area contributed by atoms with Crippen molar-refractivity contribution in [1.82, 2.24) is 19.6 Å². The lowest BCUT2D eigenvalue weighted by Crippen LogP contribution is -2.58. The summed E-state index contributed by atoms with van der Waals surface area (Å²) in [6, 6.07) is 0. The molecule has 2 fully saturated rings. The predicted octanol–water partition coefficient (Wildman–Crippen LogP) is 1.35. The first-order chi connectivity index (χ1) is 10.6. The van der Waals surface area contributed by atoms with E-state index in [4.69, 9.17) is 0 Å². The lowest BCUT2D eigenvalue weighted by molar-refractivity contribution is -0.138. The van der Waals surface area contributed by atoms with Crippen molar-refractivity contribution < 1.29 is 4.79 Å². The Morgan fingerprint density at radius 2 is 1.26 bits per heavy atom. The summed E-state index contributed by atoms with van der Waals surface area (Å²) in [5.41, 5.74) is 0.358. The Kier molecular flexibility index (Phi) is 5.75. The fraction of sp³-hybridized carbons (Fsp3) is 0.944. The molecule has 0 spiro atoms. The van der Waals surface area contributed by atoms with E-state index in [1.54, 1.807) is 0 Å². The van der Waals surface area contributed by atoms with Crippen LogP contribution in [0.15, 0.2) is 0 Å². The van der Waals surface area contributed by atoms with Crippen molar-refractivity contribution in [2.75, 3.05) is 58.9 Å². The Balaban J connectivity index is 1.73. The molecule has 2 saturated heterocycles. The molecule has 0 aliphatic carbocycles. The molecule has 0 aromatic rings. The second-order valence-electron chi connectivity index (χ2n) is 8.97. The van der Waals surface area contributed by atoms with Crippen molar-refractivity contribution in [2.24, 2.45) is 0 Å². The van der Waals surface area contributed by atoms with Crippen LogP contribution < -0.4 is 0 Å². The second kappa shape index (κ2) is 7.08. The molecule has 23 heavy (non-hydrogen) atoms. The van der Waals surface area contributed by atoms with Crippen molar-refractivity contribution in [3.63, 3.8) is 0 Å². The monoisotopic (exact) mass is 324 g/mol. The summed E-state index contributed by atoms with van der Waals surface area (Å²) in [5, 5.41) is 0. The van der Waals surface area contributed by atoms with Gasteiger partial charge in [-0.25, -0.2) is 0 Å². The lowest BCUT2D eigenvalue weighted by Gasteiger charge is -2.44. The van der Waals surface area contributed by atoms with Crippen LogP contribution in [-0.4, -0.2) is 95.5 Å². The van der Waals surface area contributed by atoms with E-state index in [9.17, 15) is 4.79 Å². The third-order valence-electron chi connectivity index (χ3n) is 5.27. The lowest BCUT2D eigenvalue weighted by atomic mass is 10.0. The molecule has 1 amide bonds. The molecule has 0 atom stereocenters. The van der Waals surface area contributed by atoms with Crippen molar-refractivity contribution >= 4 is 5.91 Å². The molecule has 0 aromatic heterocycles. The summed E-state index contributed by atoms with van der Waals surface area (Å²) in [6.45, 7) is 22.3. The fourth-order valence-corrected chi connectivity index (χ4v) is 3.42. The molecular weight excluding hydrogens is 288 g/mol. The van der Waals surface area contributed by atoms with Crippen molar-refractivity contribution in [1.29, 1.82) is 0 Å². The Morgan fingerprint density at radius 3 is 1.74 bits per heavy atom. The molecule has 0 bridgehead atoms. The predicted molar refractivity (Wildman–Crippen MR) is 95.7 cm³/mol. The first kappa shape index (κ1) is 18.7.